The number of benzene rings is 2. The molecule has 1 amide bonds. The van der Waals surface area contributed by atoms with Gasteiger partial charge in [-0.2, -0.15) is 0 Å². The summed E-state index contributed by atoms with van der Waals surface area (Å²) < 4.78 is 23.1. The number of ether oxygens (including phenoxy) is 2. The zero-order valence-electron chi connectivity index (χ0n) is 12.3. The molecule has 0 aliphatic heterocycles. The normalized spacial score (nSPS) is 10.1. The maximum atomic E-state index is 12.7. The number of methoxy groups -OCH3 is 1. The van der Waals surface area contributed by atoms with Crippen molar-refractivity contribution in [3.05, 3.63) is 59.9 Å². The van der Waals surface area contributed by atoms with Crippen LogP contribution in [0, 0.1) is 5.82 Å². The summed E-state index contributed by atoms with van der Waals surface area (Å²) in [6.45, 7) is 0.437. The van der Waals surface area contributed by atoms with Crippen LogP contribution in [0.4, 0.5) is 4.39 Å². The molecule has 0 aliphatic carbocycles. The second-order valence-electron chi connectivity index (χ2n) is 4.69. The van der Waals surface area contributed by atoms with Crippen molar-refractivity contribution in [2.45, 2.75) is 6.42 Å². The van der Waals surface area contributed by atoms with Crippen LogP contribution in [0.5, 0.6) is 11.5 Å². The van der Waals surface area contributed by atoms with Crippen molar-refractivity contribution < 1.29 is 18.7 Å². The third kappa shape index (κ3) is 5.09. The van der Waals surface area contributed by atoms with Crippen LogP contribution >= 0.6 is 0 Å². The number of rotatable bonds is 7. The predicted molar refractivity (Wildman–Crippen MR) is 81.6 cm³/mol. The van der Waals surface area contributed by atoms with E-state index in [9.17, 15) is 9.18 Å². The van der Waals surface area contributed by atoms with Crippen LogP contribution in [0.3, 0.4) is 0 Å². The van der Waals surface area contributed by atoms with Crippen molar-refractivity contribution in [2.75, 3.05) is 20.3 Å². The summed E-state index contributed by atoms with van der Waals surface area (Å²) in [7, 11) is 1.62. The molecule has 0 unspecified atom stereocenters. The van der Waals surface area contributed by atoms with E-state index < -0.39 is 0 Å². The minimum absolute atomic E-state index is 0.0890. The van der Waals surface area contributed by atoms with Gasteiger partial charge in [-0.15, -0.1) is 0 Å². The Bertz CT molecular complexity index is 596. The molecule has 1 N–H and O–H groups in total. The van der Waals surface area contributed by atoms with Crippen molar-refractivity contribution in [1.82, 2.24) is 5.32 Å². The lowest BCUT2D eigenvalue weighted by Crippen LogP contribution is -2.30. The van der Waals surface area contributed by atoms with Crippen LogP contribution in [0.25, 0.3) is 0 Å². The molecule has 0 atom stereocenters. The second-order valence-corrected chi connectivity index (χ2v) is 4.69. The molecular formula is C17H18FNO3. The molecule has 2 rings (SSSR count). The van der Waals surface area contributed by atoms with Crippen LogP contribution in [0.2, 0.25) is 0 Å². The third-order valence-electron chi connectivity index (χ3n) is 3.08. The Hall–Kier alpha value is -2.56. The highest BCUT2D eigenvalue weighted by Crippen LogP contribution is 2.12. The quantitative estimate of drug-likeness (QED) is 0.855. The van der Waals surface area contributed by atoms with E-state index in [4.69, 9.17) is 9.47 Å². The van der Waals surface area contributed by atoms with Gasteiger partial charge >= 0.3 is 0 Å². The highest BCUT2D eigenvalue weighted by atomic mass is 19.1. The highest BCUT2D eigenvalue weighted by molar-refractivity contribution is 5.77. The molecule has 5 heteroatoms. The lowest BCUT2D eigenvalue weighted by Gasteiger charge is -2.08. The SMILES string of the molecule is COc1ccc(CCNC(=O)COc2ccc(F)cc2)cc1. The molecule has 0 fully saturated rings. The topological polar surface area (TPSA) is 47.6 Å². The number of amides is 1. The first-order valence-electron chi connectivity index (χ1n) is 6.95. The molecule has 0 bridgehead atoms. The van der Waals surface area contributed by atoms with Crippen molar-refractivity contribution >= 4 is 5.91 Å². The molecule has 4 nitrogen and oxygen atoms in total. The van der Waals surface area contributed by atoms with Crippen LogP contribution in [0.1, 0.15) is 5.56 Å². The monoisotopic (exact) mass is 303 g/mol. The Kier molecular flexibility index (Phi) is 5.77. The lowest BCUT2D eigenvalue weighted by molar-refractivity contribution is -0.123. The smallest absolute Gasteiger partial charge is 0.257 e. The molecule has 22 heavy (non-hydrogen) atoms. The zero-order chi connectivity index (χ0) is 15.8. The van der Waals surface area contributed by atoms with Crippen LogP contribution in [0.15, 0.2) is 48.5 Å². The van der Waals surface area contributed by atoms with Gasteiger partial charge in [0.2, 0.25) is 0 Å². The van der Waals surface area contributed by atoms with E-state index in [1.807, 2.05) is 24.3 Å². The standard InChI is InChI=1S/C17H18FNO3/c1-21-15-6-2-13(3-7-15)10-11-19-17(20)12-22-16-8-4-14(18)5-9-16/h2-9H,10-12H2,1H3,(H,19,20). The summed E-state index contributed by atoms with van der Waals surface area (Å²) in [6.07, 6.45) is 0.728. The molecule has 2 aromatic carbocycles. The zero-order valence-corrected chi connectivity index (χ0v) is 12.3. The summed E-state index contributed by atoms with van der Waals surface area (Å²) in [5, 5.41) is 2.77. The largest absolute Gasteiger partial charge is 0.497 e. The first-order valence-corrected chi connectivity index (χ1v) is 6.95. The van der Waals surface area contributed by atoms with Crippen molar-refractivity contribution in [3.8, 4) is 11.5 Å². The molecular weight excluding hydrogens is 285 g/mol. The van der Waals surface area contributed by atoms with Gasteiger partial charge in [0.05, 0.1) is 7.11 Å². The number of carbonyl (C=O) groups excluding carboxylic acids is 1. The minimum Gasteiger partial charge on any atom is -0.497 e. The second kappa shape index (κ2) is 8.02. The van der Waals surface area contributed by atoms with E-state index in [2.05, 4.69) is 5.32 Å². The van der Waals surface area contributed by atoms with Crippen molar-refractivity contribution in [2.24, 2.45) is 0 Å². The molecule has 0 radical (unpaired) electrons. The number of carbonyl (C=O) groups is 1. The first kappa shape index (κ1) is 15.8. The average Bonchev–Trinajstić information content (AvgIpc) is 2.55. The fourth-order valence-corrected chi connectivity index (χ4v) is 1.87. The van der Waals surface area contributed by atoms with Crippen LogP contribution in [-0.2, 0) is 11.2 Å². The molecule has 2 aromatic rings. The number of halogens is 1. The summed E-state index contributed by atoms with van der Waals surface area (Å²) >= 11 is 0. The third-order valence-corrected chi connectivity index (χ3v) is 3.08. The van der Waals surface area contributed by atoms with Crippen molar-refractivity contribution in [1.29, 1.82) is 0 Å². The number of hydrogen-bond donors (Lipinski definition) is 1. The molecule has 0 aliphatic rings. The summed E-state index contributed by atoms with van der Waals surface area (Å²) in [5.74, 6) is 0.723. The lowest BCUT2D eigenvalue weighted by atomic mass is 10.1. The summed E-state index contributed by atoms with van der Waals surface area (Å²) in [4.78, 5) is 11.6. The number of hydrogen-bond acceptors (Lipinski definition) is 3. The van der Waals surface area contributed by atoms with Crippen molar-refractivity contribution in [3.63, 3.8) is 0 Å². The maximum absolute atomic E-state index is 12.7. The molecule has 0 spiro atoms. The molecule has 116 valence electrons. The van der Waals surface area contributed by atoms with E-state index in [1.54, 1.807) is 7.11 Å². The van der Waals surface area contributed by atoms with Gasteiger partial charge < -0.3 is 14.8 Å². The van der Waals surface area contributed by atoms with E-state index in [0.717, 1.165) is 17.7 Å². The van der Waals surface area contributed by atoms with Gasteiger partial charge in [-0.05, 0) is 48.4 Å². The Morgan fingerprint density at radius 1 is 1.05 bits per heavy atom. The van der Waals surface area contributed by atoms with Gasteiger partial charge in [-0.1, -0.05) is 12.1 Å². The van der Waals surface area contributed by atoms with E-state index in [0.29, 0.717) is 12.3 Å². The van der Waals surface area contributed by atoms with Gasteiger partial charge in [-0.25, -0.2) is 4.39 Å². The Balaban J connectivity index is 1.67. The molecule has 0 aromatic heterocycles. The maximum Gasteiger partial charge on any atom is 0.257 e. The van der Waals surface area contributed by atoms with Gasteiger partial charge in [0.1, 0.15) is 17.3 Å². The number of nitrogens with one attached hydrogen (secondary N) is 1. The van der Waals surface area contributed by atoms with E-state index in [-0.39, 0.29) is 18.3 Å². The van der Waals surface area contributed by atoms with E-state index in [1.165, 1.54) is 24.3 Å². The summed E-state index contributed by atoms with van der Waals surface area (Å²) in [5.41, 5.74) is 1.11. The fourth-order valence-electron chi connectivity index (χ4n) is 1.87. The molecule has 0 saturated carbocycles. The van der Waals surface area contributed by atoms with Gasteiger partial charge in [0, 0.05) is 6.54 Å². The average molecular weight is 303 g/mol. The van der Waals surface area contributed by atoms with Gasteiger partial charge in [0.25, 0.3) is 5.91 Å². The fraction of sp³-hybridized carbons (Fsp3) is 0.235. The molecule has 0 heterocycles. The Morgan fingerprint density at radius 2 is 1.68 bits per heavy atom. The Labute approximate surface area is 128 Å². The van der Waals surface area contributed by atoms with Crippen LogP contribution < -0.4 is 14.8 Å². The highest BCUT2D eigenvalue weighted by Gasteiger charge is 2.03. The minimum atomic E-state index is -0.337. The van der Waals surface area contributed by atoms with Gasteiger partial charge in [0.15, 0.2) is 6.61 Å². The van der Waals surface area contributed by atoms with Gasteiger partial charge in [-0.3, -0.25) is 4.79 Å². The van der Waals surface area contributed by atoms with E-state index >= 15 is 0 Å². The first-order chi connectivity index (χ1) is 10.7. The predicted octanol–water partition coefficient (Wildman–Crippen LogP) is 2.57. The Morgan fingerprint density at radius 3 is 2.32 bits per heavy atom. The molecule has 0 saturated heterocycles. The van der Waals surface area contributed by atoms with Crippen LogP contribution in [-0.4, -0.2) is 26.2 Å². The summed E-state index contributed by atoms with van der Waals surface area (Å²) in [6, 6.07) is 13.2.